The van der Waals surface area contributed by atoms with Crippen molar-refractivity contribution in [3.63, 3.8) is 0 Å². The summed E-state index contributed by atoms with van der Waals surface area (Å²) in [5.41, 5.74) is 0.641. The maximum Gasteiger partial charge on any atom is 0.413 e. The summed E-state index contributed by atoms with van der Waals surface area (Å²) in [7, 11) is 2.78. The summed E-state index contributed by atoms with van der Waals surface area (Å²) in [6, 6.07) is 3.39. The molecule has 86 valence electrons. The minimum absolute atomic E-state index is 0.138. The number of rotatable bonds is 2. The van der Waals surface area contributed by atoms with Crippen LogP contribution in [0.4, 0.5) is 10.5 Å². The van der Waals surface area contributed by atoms with Gasteiger partial charge in [0.25, 0.3) is 0 Å². The number of amides is 1. The fourth-order valence-corrected chi connectivity index (χ4v) is 1.08. The van der Waals surface area contributed by atoms with Crippen molar-refractivity contribution in [2.75, 3.05) is 19.5 Å². The summed E-state index contributed by atoms with van der Waals surface area (Å²) in [6.45, 7) is 0. The van der Waals surface area contributed by atoms with Crippen molar-refractivity contribution in [3.05, 3.63) is 18.3 Å². The first-order valence-corrected chi connectivity index (χ1v) is 4.72. The Morgan fingerprint density at radius 2 is 2.19 bits per heavy atom. The Kier molecular flexibility index (Phi) is 4.46. The SMILES string of the molecule is COC(=O)NC(=S)Nc1ccc(OC)nc1. The molecule has 0 fully saturated rings. The highest BCUT2D eigenvalue weighted by atomic mass is 32.1. The molecule has 0 bridgehead atoms. The molecule has 0 aliphatic heterocycles. The molecule has 0 aliphatic carbocycles. The molecule has 0 unspecified atom stereocenters. The first-order chi connectivity index (χ1) is 7.65. The van der Waals surface area contributed by atoms with Crippen molar-refractivity contribution in [1.29, 1.82) is 0 Å². The van der Waals surface area contributed by atoms with Gasteiger partial charge in [0.1, 0.15) is 0 Å². The number of alkyl carbamates (subject to hydrolysis) is 1. The van der Waals surface area contributed by atoms with E-state index < -0.39 is 6.09 Å². The number of nitrogens with one attached hydrogen (secondary N) is 2. The standard InChI is InChI=1S/C9H11N3O3S/c1-14-7-4-3-6(5-10-7)11-8(16)12-9(13)15-2/h3-5H,1-2H3,(H2,11,12,13,16). The minimum Gasteiger partial charge on any atom is -0.481 e. The Bertz CT molecular complexity index is 380. The zero-order valence-corrected chi connectivity index (χ0v) is 9.63. The second kappa shape index (κ2) is 5.86. The van der Waals surface area contributed by atoms with Gasteiger partial charge in [0.15, 0.2) is 5.11 Å². The van der Waals surface area contributed by atoms with E-state index in [1.807, 2.05) is 0 Å². The fraction of sp³-hybridized carbons (Fsp3) is 0.222. The third-order valence-corrected chi connectivity index (χ3v) is 1.81. The van der Waals surface area contributed by atoms with Crippen molar-refractivity contribution >= 4 is 29.1 Å². The molecule has 0 saturated carbocycles. The van der Waals surface area contributed by atoms with E-state index in [4.69, 9.17) is 17.0 Å². The number of aromatic nitrogens is 1. The van der Waals surface area contributed by atoms with Gasteiger partial charge in [-0.3, -0.25) is 5.32 Å². The van der Waals surface area contributed by atoms with Crippen molar-refractivity contribution in [3.8, 4) is 5.88 Å². The number of carbonyl (C=O) groups is 1. The topological polar surface area (TPSA) is 72.5 Å². The van der Waals surface area contributed by atoms with Crippen LogP contribution in [-0.2, 0) is 4.74 Å². The first kappa shape index (κ1) is 12.2. The molecule has 1 amide bonds. The van der Waals surface area contributed by atoms with E-state index in [2.05, 4.69) is 20.4 Å². The van der Waals surface area contributed by atoms with E-state index in [0.29, 0.717) is 11.6 Å². The molecule has 1 aromatic rings. The van der Waals surface area contributed by atoms with E-state index >= 15 is 0 Å². The molecule has 1 rings (SSSR count). The Hall–Kier alpha value is -1.89. The number of pyridine rings is 1. The lowest BCUT2D eigenvalue weighted by atomic mass is 10.4. The molecule has 0 saturated heterocycles. The number of thiocarbonyl (C=S) groups is 1. The van der Waals surface area contributed by atoms with Crippen LogP contribution in [-0.4, -0.2) is 30.4 Å². The fourth-order valence-electron chi connectivity index (χ4n) is 0.881. The Morgan fingerprint density at radius 1 is 1.44 bits per heavy atom. The number of nitrogens with zero attached hydrogens (tertiary/aromatic N) is 1. The molecule has 0 atom stereocenters. The van der Waals surface area contributed by atoms with Crippen LogP contribution in [0.25, 0.3) is 0 Å². The van der Waals surface area contributed by atoms with Crippen LogP contribution in [0.2, 0.25) is 0 Å². The lowest BCUT2D eigenvalue weighted by molar-refractivity contribution is 0.177. The number of carbonyl (C=O) groups excluding carboxylic acids is 1. The van der Waals surface area contributed by atoms with E-state index in [9.17, 15) is 4.79 Å². The molecule has 0 spiro atoms. The summed E-state index contributed by atoms with van der Waals surface area (Å²) in [6.07, 6.45) is 0.906. The average Bonchev–Trinajstić information content (AvgIpc) is 2.29. The van der Waals surface area contributed by atoms with E-state index in [1.165, 1.54) is 20.4 Å². The van der Waals surface area contributed by atoms with Crippen LogP contribution in [0.5, 0.6) is 5.88 Å². The second-order valence-corrected chi connectivity index (χ2v) is 3.07. The predicted octanol–water partition coefficient (Wildman–Crippen LogP) is 1.14. The van der Waals surface area contributed by atoms with E-state index in [1.54, 1.807) is 12.1 Å². The van der Waals surface area contributed by atoms with Gasteiger partial charge in [-0.25, -0.2) is 9.78 Å². The smallest absolute Gasteiger partial charge is 0.413 e. The molecule has 2 N–H and O–H groups in total. The summed E-state index contributed by atoms with van der Waals surface area (Å²) in [4.78, 5) is 14.8. The zero-order chi connectivity index (χ0) is 12.0. The molecule has 1 aromatic heterocycles. The van der Waals surface area contributed by atoms with Gasteiger partial charge >= 0.3 is 6.09 Å². The normalized spacial score (nSPS) is 9.12. The van der Waals surface area contributed by atoms with Crippen LogP contribution in [0.3, 0.4) is 0 Å². The quantitative estimate of drug-likeness (QED) is 0.757. The van der Waals surface area contributed by atoms with Crippen molar-refractivity contribution in [1.82, 2.24) is 10.3 Å². The lowest BCUT2D eigenvalue weighted by Gasteiger charge is -2.08. The highest BCUT2D eigenvalue weighted by Gasteiger charge is 2.03. The highest BCUT2D eigenvalue weighted by molar-refractivity contribution is 7.80. The lowest BCUT2D eigenvalue weighted by Crippen LogP contribution is -2.33. The van der Waals surface area contributed by atoms with Gasteiger partial charge in [-0.15, -0.1) is 0 Å². The zero-order valence-electron chi connectivity index (χ0n) is 8.81. The summed E-state index contributed by atoms with van der Waals surface area (Å²) in [5.74, 6) is 0.498. The summed E-state index contributed by atoms with van der Waals surface area (Å²) < 4.78 is 9.28. The van der Waals surface area contributed by atoms with Gasteiger partial charge in [-0.05, 0) is 18.3 Å². The Labute approximate surface area is 98.0 Å². The molecular formula is C9H11N3O3S. The molecule has 7 heteroatoms. The third kappa shape index (κ3) is 3.70. The maximum atomic E-state index is 10.8. The number of ether oxygens (including phenoxy) is 2. The monoisotopic (exact) mass is 241 g/mol. The first-order valence-electron chi connectivity index (χ1n) is 4.31. The number of anilines is 1. The van der Waals surface area contributed by atoms with Crippen LogP contribution in [0.1, 0.15) is 0 Å². The number of hydrogen-bond donors (Lipinski definition) is 2. The molecule has 16 heavy (non-hydrogen) atoms. The largest absolute Gasteiger partial charge is 0.481 e. The van der Waals surface area contributed by atoms with Crippen molar-refractivity contribution in [2.45, 2.75) is 0 Å². The number of methoxy groups -OCH3 is 2. The summed E-state index contributed by atoms with van der Waals surface area (Å²) >= 11 is 4.86. The van der Waals surface area contributed by atoms with Gasteiger partial charge in [0, 0.05) is 6.07 Å². The number of hydrogen-bond acceptors (Lipinski definition) is 5. The van der Waals surface area contributed by atoms with Crippen molar-refractivity contribution in [2.24, 2.45) is 0 Å². The van der Waals surface area contributed by atoms with Gasteiger partial charge in [-0.2, -0.15) is 0 Å². The van der Waals surface area contributed by atoms with Gasteiger partial charge in [0.2, 0.25) is 5.88 Å². The summed E-state index contributed by atoms with van der Waals surface area (Å²) in [5, 5.41) is 5.20. The average molecular weight is 241 g/mol. The highest BCUT2D eigenvalue weighted by Crippen LogP contribution is 2.10. The van der Waals surface area contributed by atoms with Crippen LogP contribution in [0.15, 0.2) is 18.3 Å². The van der Waals surface area contributed by atoms with Crippen molar-refractivity contribution < 1.29 is 14.3 Å². The second-order valence-electron chi connectivity index (χ2n) is 2.66. The molecule has 1 heterocycles. The molecular weight excluding hydrogens is 230 g/mol. The Balaban J connectivity index is 2.52. The molecule has 6 nitrogen and oxygen atoms in total. The predicted molar refractivity (Wildman–Crippen MR) is 62.6 cm³/mol. The maximum absolute atomic E-state index is 10.8. The van der Waals surface area contributed by atoms with Crippen LogP contribution >= 0.6 is 12.2 Å². The molecule has 0 radical (unpaired) electrons. The Morgan fingerprint density at radius 3 is 2.69 bits per heavy atom. The van der Waals surface area contributed by atoms with Crippen LogP contribution < -0.4 is 15.4 Å². The van der Waals surface area contributed by atoms with Gasteiger partial charge in [-0.1, -0.05) is 0 Å². The third-order valence-electron chi connectivity index (χ3n) is 1.60. The van der Waals surface area contributed by atoms with Gasteiger partial charge in [0.05, 0.1) is 26.1 Å². The van der Waals surface area contributed by atoms with E-state index in [-0.39, 0.29) is 5.11 Å². The molecule has 0 aliphatic rings. The van der Waals surface area contributed by atoms with Crippen LogP contribution in [0, 0.1) is 0 Å². The van der Waals surface area contributed by atoms with Gasteiger partial charge < -0.3 is 14.8 Å². The minimum atomic E-state index is -0.626. The molecule has 0 aromatic carbocycles. The van der Waals surface area contributed by atoms with E-state index in [0.717, 1.165) is 0 Å².